The second-order valence-corrected chi connectivity index (χ2v) is 10.8. The number of nitrogens with zero attached hydrogens (tertiary/aromatic N) is 4. The molecule has 182 valence electrons. The number of carbonyl (C=O) groups excluding carboxylic acids is 1. The second kappa shape index (κ2) is 9.09. The summed E-state index contributed by atoms with van der Waals surface area (Å²) in [6, 6.07) is 15.3. The Kier molecular flexibility index (Phi) is 5.94. The first kappa shape index (κ1) is 23.5. The van der Waals surface area contributed by atoms with Crippen LogP contribution in [-0.4, -0.2) is 47.0 Å². The molecule has 0 saturated carbocycles. The first-order valence-corrected chi connectivity index (χ1v) is 13.3. The number of imidazole rings is 1. The fourth-order valence-corrected chi connectivity index (χ4v) is 5.10. The molecule has 2 aromatic heterocycles. The van der Waals surface area contributed by atoms with Gasteiger partial charge in [-0.1, -0.05) is 0 Å². The number of benzene rings is 2. The Morgan fingerprint density at radius 3 is 2.61 bits per heavy atom. The van der Waals surface area contributed by atoms with Gasteiger partial charge in [-0.25, -0.2) is 13.4 Å². The molecule has 2 aromatic carbocycles. The van der Waals surface area contributed by atoms with E-state index in [1.165, 1.54) is 18.3 Å². The van der Waals surface area contributed by atoms with Crippen LogP contribution in [-0.2, 0) is 14.6 Å². The lowest BCUT2D eigenvalue weighted by Crippen LogP contribution is -2.28. The molecule has 1 fully saturated rings. The van der Waals surface area contributed by atoms with Crippen molar-refractivity contribution < 1.29 is 17.9 Å². The largest absolute Gasteiger partial charge is 0.457 e. The maximum Gasteiger partial charge on any atom is 0.219 e. The zero-order chi connectivity index (χ0) is 25.4. The Bertz CT molecular complexity index is 1600. The normalized spacial score (nSPS) is 15.7. The zero-order valence-corrected chi connectivity index (χ0v) is 20.5. The quantitative estimate of drug-likeness (QED) is 0.430. The minimum absolute atomic E-state index is 0.00636. The van der Waals surface area contributed by atoms with Crippen molar-refractivity contribution in [3.8, 4) is 29.1 Å². The van der Waals surface area contributed by atoms with E-state index in [4.69, 9.17) is 10.00 Å². The smallest absolute Gasteiger partial charge is 0.219 e. The van der Waals surface area contributed by atoms with Crippen LogP contribution < -0.4 is 4.74 Å². The van der Waals surface area contributed by atoms with Crippen molar-refractivity contribution in [2.45, 2.75) is 30.7 Å². The molecule has 0 aliphatic carbocycles. The van der Waals surface area contributed by atoms with Crippen LogP contribution in [0.15, 0.2) is 59.6 Å². The lowest BCUT2D eigenvalue weighted by molar-refractivity contribution is -0.129. The Morgan fingerprint density at radius 2 is 1.97 bits per heavy atom. The number of likely N-dealkylation sites (tertiary alicyclic amines) is 1. The van der Waals surface area contributed by atoms with Crippen LogP contribution in [0.4, 0.5) is 0 Å². The molecule has 3 heterocycles. The maximum atomic E-state index is 12.3. The number of aromatic amines is 1. The number of carbonyl (C=O) groups is 1. The molecule has 36 heavy (non-hydrogen) atoms. The molecule has 1 amide bonds. The van der Waals surface area contributed by atoms with E-state index in [1.54, 1.807) is 31.2 Å². The standard InChI is InChI=1S/C26H23N5O4S/c1-16(32)31-11-3-4-24(31)20-12-22-23(30-26(29-22)21-10-5-17(14-27)15-28-21)13-25(20)35-18-6-8-19(9-7-18)36(2,33)34/h5-10,12-13,15,24H,3-4,11H2,1-2H3,(H,29,30). The number of H-pyrrole nitrogens is 1. The number of nitrogens with one attached hydrogen (secondary N) is 1. The van der Waals surface area contributed by atoms with Crippen LogP contribution in [0.1, 0.15) is 36.9 Å². The molecule has 4 aromatic rings. The predicted octanol–water partition coefficient (Wildman–Crippen LogP) is 4.38. The molecule has 0 radical (unpaired) electrons. The Morgan fingerprint density at radius 1 is 1.19 bits per heavy atom. The van der Waals surface area contributed by atoms with Gasteiger partial charge in [-0.3, -0.25) is 9.78 Å². The van der Waals surface area contributed by atoms with Crippen LogP contribution >= 0.6 is 0 Å². The number of sulfone groups is 1. The summed E-state index contributed by atoms with van der Waals surface area (Å²) in [5, 5.41) is 9.03. The fraction of sp³-hybridized carbons (Fsp3) is 0.231. The number of nitriles is 1. The lowest BCUT2D eigenvalue weighted by atomic mass is 10.0. The van der Waals surface area contributed by atoms with E-state index in [9.17, 15) is 13.2 Å². The molecule has 9 nitrogen and oxygen atoms in total. The van der Waals surface area contributed by atoms with Gasteiger partial charge in [0.25, 0.3) is 0 Å². The summed E-state index contributed by atoms with van der Waals surface area (Å²) in [7, 11) is -3.32. The summed E-state index contributed by atoms with van der Waals surface area (Å²) in [6.45, 7) is 2.23. The van der Waals surface area contributed by atoms with Gasteiger partial charge in [0.05, 0.1) is 27.5 Å². The third-order valence-corrected chi connectivity index (χ3v) is 7.37. The van der Waals surface area contributed by atoms with Crippen molar-refractivity contribution >= 4 is 26.8 Å². The van der Waals surface area contributed by atoms with Gasteiger partial charge in [-0.2, -0.15) is 5.26 Å². The highest BCUT2D eigenvalue weighted by atomic mass is 32.2. The Hall–Kier alpha value is -4.23. The highest BCUT2D eigenvalue weighted by molar-refractivity contribution is 7.90. The van der Waals surface area contributed by atoms with E-state index in [2.05, 4.69) is 21.0 Å². The number of rotatable bonds is 5. The van der Waals surface area contributed by atoms with Crippen molar-refractivity contribution in [2.24, 2.45) is 0 Å². The number of ether oxygens (including phenoxy) is 1. The summed E-state index contributed by atoms with van der Waals surface area (Å²) in [5.41, 5.74) is 3.30. The van der Waals surface area contributed by atoms with Crippen molar-refractivity contribution in [1.82, 2.24) is 19.9 Å². The van der Waals surface area contributed by atoms with Crippen molar-refractivity contribution in [2.75, 3.05) is 12.8 Å². The molecule has 0 spiro atoms. The van der Waals surface area contributed by atoms with E-state index >= 15 is 0 Å². The van der Waals surface area contributed by atoms with Crippen LogP contribution in [0.5, 0.6) is 11.5 Å². The topological polar surface area (TPSA) is 129 Å². The van der Waals surface area contributed by atoms with Gasteiger partial charge in [0.1, 0.15) is 23.3 Å². The number of hydrogen-bond donors (Lipinski definition) is 1. The minimum atomic E-state index is -3.32. The molecule has 1 atom stereocenters. The van der Waals surface area contributed by atoms with Crippen LogP contribution in [0.3, 0.4) is 0 Å². The first-order valence-electron chi connectivity index (χ1n) is 11.4. The average Bonchev–Trinajstić information content (AvgIpc) is 3.50. The fourth-order valence-electron chi connectivity index (χ4n) is 4.47. The van der Waals surface area contributed by atoms with E-state index < -0.39 is 9.84 Å². The number of pyridine rings is 1. The van der Waals surface area contributed by atoms with Gasteiger partial charge in [-0.15, -0.1) is 0 Å². The van der Waals surface area contributed by atoms with Gasteiger partial charge >= 0.3 is 0 Å². The van der Waals surface area contributed by atoms with Crippen LogP contribution in [0.25, 0.3) is 22.6 Å². The van der Waals surface area contributed by atoms with Gasteiger partial charge in [0, 0.05) is 37.6 Å². The van der Waals surface area contributed by atoms with Crippen LogP contribution in [0.2, 0.25) is 0 Å². The molecule has 0 bridgehead atoms. The zero-order valence-electron chi connectivity index (χ0n) is 19.7. The average molecular weight is 502 g/mol. The molecular weight excluding hydrogens is 478 g/mol. The van der Waals surface area contributed by atoms with Gasteiger partial charge in [0.15, 0.2) is 15.7 Å². The van der Waals surface area contributed by atoms with E-state index in [-0.39, 0.29) is 16.8 Å². The Balaban J connectivity index is 1.58. The SMILES string of the molecule is CC(=O)N1CCCC1c1cc2[nH]c(-c3ccc(C#N)cn3)nc2cc1Oc1ccc(S(C)(=O)=O)cc1. The molecule has 1 saturated heterocycles. The van der Waals surface area contributed by atoms with Gasteiger partial charge in [-0.05, 0) is 55.3 Å². The Labute approximate surface area is 208 Å². The first-order chi connectivity index (χ1) is 17.2. The molecule has 10 heteroatoms. The van der Waals surface area contributed by atoms with Crippen molar-refractivity contribution in [3.05, 3.63) is 65.9 Å². The number of hydrogen-bond acceptors (Lipinski definition) is 7. The van der Waals surface area contributed by atoms with Crippen molar-refractivity contribution in [3.63, 3.8) is 0 Å². The maximum absolute atomic E-state index is 12.3. The molecule has 5 rings (SSSR count). The van der Waals surface area contributed by atoms with E-state index in [1.807, 2.05) is 17.0 Å². The van der Waals surface area contributed by atoms with Gasteiger partial charge < -0.3 is 14.6 Å². The van der Waals surface area contributed by atoms with Crippen LogP contribution in [0, 0.1) is 11.3 Å². The summed E-state index contributed by atoms with van der Waals surface area (Å²) in [6.07, 6.45) is 4.33. The van der Waals surface area contributed by atoms with E-state index in [0.717, 1.165) is 30.2 Å². The molecule has 1 aliphatic heterocycles. The second-order valence-electron chi connectivity index (χ2n) is 8.75. The predicted molar refractivity (Wildman–Crippen MR) is 133 cm³/mol. The summed E-state index contributed by atoms with van der Waals surface area (Å²) in [4.78, 5) is 26.6. The number of amides is 1. The molecular formula is C26H23N5O4S. The highest BCUT2D eigenvalue weighted by Crippen LogP contribution is 2.41. The summed E-state index contributed by atoms with van der Waals surface area (Å²) >= 11 is 0. The third kappa shape index (κ3) is 4.53. The molecule has 1 N–H and O–H groups in total. The van der Waals surface area contributed by atoms with E-state index in [0.29, 0.717) is 40.6 Å². The highest BCUT2D eigenvalue weighted by Gasteiger charge is 2.31. The molecule has 1 aliphatic rings. The summed E-state index contributed by atoms with van der Waals surface area (Å²) in [5.74, 6) is 1.55. The minimum Gasteiger partial charge on any atom is -0.457 e. The monoisotopic (exact) mass is 501 g/mol. The number of aromatic nitrogens is 3. The van der Waals surface area contributed by atoms with Crippen molar-refractivity contribution in [1.29, 1.82) is 5.26 Å². The van der Waals surface area contributed by atoms with Gasteiger partial charge in [0.2, 0.25) is 5.91 Å². The lowest BCUT2D eigenvalue weighted by Gasteiger charge is -2.25. The number of fused-ring (bicyclic) bond motifs is 1. The third-order valence-electron chi connectivity index (χ3n) is 6.24. The molecule has 1 unspecified atom stereocenters. The summed E-state index contributed by atoms with van der Waals surface area (Å²) < 4.78 is 29.9.